The Labute approximate surface area is 140 Å². The van der Waals surface area contributed by atoms with Gasteiger partial charge in [-0.25, -0.2) is 4.68 Å². The lowest BCUT2D eigenvalue weighted by Crippen LogP contribution is -2.37. The van der Waals surface area contributed by atoms with Gasteiger partial charge in [0.1, 0.15) is 0 Å². The highest BCUT2D eigenvalue weighted by atomic mass is 35.5. The van der Waals surface area contributed by atoms with Crippen LogP contribution >= 0.6 is 11.6 Å². The molecule has 1 saturated carbocycles. The van der Waals surface area contributed by atoms with Crippen molar-refractivity contribution in [1.82, 2.24) is 20.0 Å². The fourth-order valence-electron chi connectivity index (χ4n) is 3.14. The average Bonchev–Trinajstić information content (AvgIpc) is 3.09. The number of aromatic nitrogens is 2. The third kappa shape index (κ3) is 3.26. The number of nitrogens with zero attached hydrogens (tertiary/aromatic N) is 3. The van der Waals surface area contributed by atoms with Crippen molar-refractivity contribution in [2.75, 3.05) is 13.1 Å². The van der Waals surface area contributed by atoms with Crippen LogP contribution in [0.1, 0.15) is 29.8 Å². The van der Waals surface area contributed by atoms with Gasteiger partial charge in [0.25, 0.3) is 5.91 Å². The van der Waals surface area contributed by atoms with Crippen LogP contribution in [0.15, 0.2) is 36.5 Å². The number of hydrogen-bond donors (Lipinski definition) is 1. The smallest absolute Gasteiger partial charge is 0.272 e. The Bertz CT molecular complexity index is 725. The molecular weight excluding hydrogens is 312 g/mol. The van der Waals surface area contributed by atoms with Crippen LogP contribution in [0.4, 0.5) is 0 Å². The van der Waals surface area contributed by atoms with Crippen molar-refractivity contribution in [3.05, 3.63) is 47.2 Å². The molecule has 120 valence electrons. The van der Waals surface area contributed by atoms with E-state index in [2.05, 4.69) is 15.3 Å². The minimum atomic E-state index is -0.103. The Balaban J connectivity index is 1.41. The molecule has 1 unspecified atom stereocenters. The topological polar surface area (TPSA) is 50.2 Å². The second-order valence-electron chi connectivity index (χ2n) is 6.31. The maximum absolute atomic E-state index is 12.4. The van der Waals surface area contributed by atoms with E-state index in [0.29, 0.717) is 10.7 Å². The van der Waals surface area contributed by atoms with E-state index in [-0.39, 0.29) is 11.9 Å². The van der Waals surface area contributed by atoms with Crippen molar-refractivity contribution in [2.24, 2.45) is 0 Å². The molecular formula is C17H19ClN4O. The molecule has 5 nitrogen and oxygen atoms in total. The second kappa shape index (κ2) is 5.98. The van der Waals surface area contributed by atoms with Crippen molar-refractivity contribution in [2.45, 2.75) is 31.3 Å². The zero-order valence-electron chi connectivity index (χ0n) is 12.8. The minimum absolute atomic E-state index is 0.103. The molecule has 0 radical (unpaired) electrons. The van der Waals surface area contributed by atoms with E-state index >= 15 is 0 Å². The number of amides is 1. The number of benzene rings is 1. The average molecular weight is 331 g/mol. The van der Waals surface area contributed by atoms with E-state index in [1.807, 2.05) is 24.3 Å². The van der Waals surface area contributed by atoms with Gasteiger partial charge < -0.3 is 5.32 Å². The highest BCUT2D eigenvalue weighted by Crippen LogP contribution is 2.29. The van der Waals surface area contributed by atoms with E-state index < -0.39 is 0 Å². The van der Waals surface area contributed by atoms with Gasteiger partial charge in [0.15, 0.2) is 5.69 Å². The Morgan fingerprint density at radius 2 is 2.13 bits per heavy atom. The van der Waals surface area contributed by atoms with Gasteiger partial charge in [-0.2, -0.15) is 5.10 Å². The predicted molar refractivity (Wildman–Crippen MR) is 89.0 cm³/mol. The third-order valence-electron chi connectivity index (χ3n) is 4.51. The summed E-state index contributed by atoms with van der Waals surface area (Å²) in [4.78, 5) is 14.9. The van der Waals surface area contributed by atoms with Gasteiger partial charge in [0.05, 0.1) is 5.69 Å². The Hall–Kier alpha value is -1.85. The van der Waals surface area contributed by atoms with Crippen LogP contribution in [0.3, 0.4) is 0 Å². The number of rotatable bonds is 4. The number of nitrogens with one attached hydrogen (secondary N) is 1. The fraction of sp³-hybridized carbons (Fsp3) is 0.412. The monoisotopic (exact) mass is 330 g/mol. The molecule has 0 spiro atoms. The summed E-state index contributed by atoms with van der Waals surface area (Å²) < 4.78 is 1.67. The summed E-state index contributed by atoms with van der Waals surface area (Å²) >= 11 is 6.00. The molecule has 0 bridgehead atoms. The molecule has 2 heterocycles. The van der Waals surface area contributed by atoms with Crippen LogP contribution in [0.2, 0.25) is 5.02 Å². The molecule has 1 aromatic heterocycles. The van der Waals surface area contributed by atoms with Gasteiger partial charge in [0.2, 0.25) is 0 Å². The van der Waals surface area contributed by atoms with Crippen LogP contribution in [0, 0.1) is 0 Å². The number of likely N-dealkylation sites (tertiary alicyclic amines) is 1. The van der Waals surface area contributed by atoms with Crippen molar-refractivity contribution in [3.8, 4) is 5.69 Å². The number of hydrogen-bond acceptors (Lipinski definition) is 3. The maximum Gasteiger partial charge on any atom is 0.272 e. The molecule has 1 aliphatic heterocycles. The molecule has 2 aliphatic rings. The maximum atomic E-state index is 12.4. The Morgan fingerprint density at radius 3 is 2.91 bits per heavy atom. The Kier molecular flexibility index (Phi) is 3.83. The van der Waals surface area contributed by atoms with Crippen LogP contribution in [-0.2, 0) is 0 Å². The van der Waals surface area contributed by atoms with E-state index in [4.69, 9.17) is 11.6 Å². The lowest BCUT2D eigenvalue weighted by molar-refractivity contribution is 0.0932. The number of halogens is 1. The quantitative estimate of drug-likeness (QED) is 0.937. The van der Waals surface area contributed by atoms with Crippen molar-refractivity contribution < 1.29 is 4.79 Å². The van der Waals surface area contributed by atoms with Crippen molar-refractivity contribution in [1.29, 1.82) is 0 Å². The first-order valence-corrected chi connectivity index (χ1v) is 8.43. The summed E-state index contributed by atoms with van der Waals surface area (Å²) in [6.45, 7) is 2.05. The van der Waals surface area contributed by atoms with Crippen LogP contribution in [-0.4, -0.2) is 45.8 Å². The predicted octanol–water partition coefficient (Wildman–Crippen LogP) is 2.49. The molecule has 4 rings (SSSR count). The highest BCUT2D eigenvalue weighted by molar-refractivity contribution is 6.30. The zero-order valence-corrected chi connectivity index (χ0v) is 13.5. The zero-order chi connectivity index (χ0) is 15.8. The van der Waals surface area contributed by atoms with Crippen LogP contribution < -0.4 is 5.32 Å². The summed E-state index contributed by atoms with van der Waals surface area (Å²) in [5, 5.41) is 8.11. The van der Waals surface area contributed by atoms with Gasteiger partial charge in [-0.15, -0.1) is 0 Å². The normalized spacial score (nSPS) is 21.5. The van der Waals surface area contributed by atoms with Gasteiger partial charge in [-0.05, 0) is 43.5 Å². The lowest BCUT2D eigenvalue weighted by atomic mass is 10.2. The van der Waals surface area contributed by atoms with Gasteiger partial charge in [-0.1, -0.05) is 17.7 Å². The second-order valence-corrected chi connectivity index (χ2v) is 6.75. The molecule has 2 fully saturated rings. The summed E-state index contributed by atoms with van der Waals surface area (Å²) in [5.74, 6) is -0.103. The molecule has 1 aliphatic carbocycles. The molecule has 1 saturated heterocycles. The molecule has 1 N–H and O–H groups in total. The molecule has 1 amide bonds. The molecule has 1 atom stereocenters. The van der Waals surface area contributed by atoms with Crippen LogP contribution in [0.25, 0.3) is 5.69 Å². The summed E-state index contributed by atoms with van der Waals surface area (Å²) in [5.41, 5.74) is 1.28. The SMILES string of the molecule is O=C(NC1CCN(C2CC2)C1)c1ccn(-c2cccc(Cl)c2)n1. The van der Waals surface area contributed by atoms with E-state index in [9.17, 15) is 4.79 Å². The van der Waals surface area contributed by atoms with Gasteiger partial charge >= 0.3 is 0 Å². The van der Waals surface area contributed by atoms with Gasteiger partial charge in [0, 0.05) is 36.4 Å². The first kappa shape index (κ1) is 14.7. The largest absolute Gasteiger partial charge is 0.347 e. The standard InChI is InChI=1S/C17H19ClN4O/c18-12-2-1-3-15(10-12)22-9-7-16(20-22)17(23)19-13-6-8-21(11-13)14-4-5-14/h1-3,7,9-10,13-14H,4-6,8,11H2,(H,19,23). The number of carbonyl (C=O) groups excluding carboxylic acids is 1. The molecule has 23 heavy (non-hydrogen) atoms. The van der Waals surface area contributed by atoms with E-state index in [0.717, 1.165) is 31.2 Å². The van der Waals surface area contributed by atoms with Gasteiger partial charge in [-0.3, -0.25) is 9.69 Å². The first-order chi connectivity index (χ1) is 11.2. The highest BCUT2D eigenvalue weighted by Gasteiger charge is 2.34. The summed E-state index contributed by atoms with van der Waals surface area (Å²) in [6.07, 6.45) is 5.43. The van der Waals surface area contributed by atoms with E-state index in [1.165, 1.54) is 12.8 Å². The first-order valence-electron chi connectivity index (χ1n) is 8.05. The third-order valence-corrected chi connectivity index (χ3v) is 4.75. The van der Waals surface area contributed by atoms with E-state index in [1.54, 1.807) is 16.9 Å². The molecule has 1 aromatic carbocycles. The Morgan fingerprint density at radius 1 is 1.26 bits per heavy atom. The summed E-state index contributed by atoms with van der Waals surface area (Å²) in [6, 6.07) is 10.1. The lowest BCUT2D eigenvalue weighted by Gasteiger charge is -2.15. The van der Waals surface area contributed by atoms with Crippen LogP contribution in [0.5, 0.6) is 0 Å². The summed E-state index contributed by atoms with van der Waals surface area (Å²) in [7, 11) is 0. The molecule has 6 heteroatoms. The number of carbonyl (C=O) groups is 1. The van der Waals surface area contributed by atoms with Crippen molar-refractivity contribution in [3.63, 3.8) is 0 Å². The fourth-order valence-corrected chi connectivity index (χ4v) is 3.33. The molecule has 2 aromatic rings. The minimum Gasteiger partial charge on any atom is -0.347 e. The van der Waals surface area contributed by atoms with Crippen molar-refractivity contribution >= 4 is 17.5 Å².